The van der Waals surface area contributed by atoms with Gasteiger partial charge in [-0.25, -0.2) is 9.97 Å². The van der Waals surface area contributed by atoms with Gasteiger partial charge < -0.3 is 10.2 Å². The predicted octanol–water partition coefficient (Wildman–Crippen LogP) is 1.66. The zero-order valence-corrected chi connectivity index (χ0v) is 10.8. The Bertz CT molecular complexity index is 608. The number of carbonyl (C=O) groups is 1. The quantitative estimate of drug-likeness (QED) is 0.888. The number of likely N-dealkylation sites (tertiary alicyclic amines) is 1. The van der Waals surface area contributed by atoms with Gasteiger partial charge >= 0.3 is 0 Å². The van der Waals surface area contributed by atoms with Crippen LogP contribution in [0.25, 0.3) is 10.9 Å². The fourth-order valence-electron chi connectivity index (χ4n) is 2.44. The number of nitrogens with zero attached hydrogens (tertiary/aromatic N) is 3. The Labute approximate surface area is 111 Å². The molecular formula is C14H16N4O. The van der Waals surface area contributed by atoms with E-state index in [1.165, 1.54) is 0 Å². The summed E-state index contributed by atoms with van der Waals surface area (Å²) in [6, 6.07) is 8.18. The average Bonchev–Trinajstić information content (AvgIpc) is 2.43. The third-order valence-electron chi connectivity index (χ3n) is 3.51. The SMILES string of the molecule is CN1C[C@@H](Nc2ncnc3ccccc23)CCC1=O. The largest absolute Gasteiger partial charge is 0.365 e. The summed E-state index contributed by atoms with van der Waals surface area (Å²) in [4.78, 5) is 21.8. The van der Waals surface area contributed by atoms with Crippen molar-refractivity contribution in [2.24, 2.45) is 0 Å². The highest BCUT2D eigenvalue weighted by atomic mass is 16.2. The minimum absolute atomic E-state index is 0.214. The molecule has 1 aromatic heterocycles. The topological polar surface area (TPSA) is 58.1 Å². The van der Waals surface area contributed by atoms with Gasteiger partial charge in [-0.05, 0) is 18.6 Å². The molecule has 2 aromatic rings. The van der Waals surface area contributed by atoms with Crippen LogP contribution in [0.5, 0.6) is 0 Å². The molecule has 0 aliphatic carbocycles. The number of anilines is 1. The van der Waals surface area contributed by atoms with E-state index in [0.717, 1.165) is 29.7 Å². The Kier molecular flexibility index (Phi) is 3.03. The van der Waals surface area contributed by atoms with E-state index >= 15 is 0 Å². The van der Waals surface area contributed by atoms with Crippen molar-refractivity contribution >= 4 is 22.6 Å². The lowest BCUT2D eigenvalue weighted by Crippen LogP contribution is -2.43. The number of amides is 1. The number of hydrogen-bond acceptors (Lipinski definition) is 4. The minimum atomic E-state index is 0.214. The molecular weight excluding hydrogens is 240 g/mol. The van der Waals surface area contributed by atoms with E-state index in [9.17, 15) is 4.79 Å². The summed E-state index contributed by atoms with van der Waals surface area (Å²) >= 11 is 0. The van der Waals surface area contributed by atoms with Crippen molar-refractivity contribution in [1.82, 2.24) is 14.9 Å². The van der Waals surface area contributed by atoms with Gasteiger partial charge in [0.2, 0.25) is 5.91 Å². The third kappa shape index (κ3) is 2.36. The first-order chi connectivity index (χ1) is 9.24. The fraction of sp³-hybridized carbons (Fsp3) is 0.357. The average molecular weight is 256 g/mol. The van der Waals surface area contributed by atoms with Gasteiger partial charge in [0.25, 0.3) is 0 Å². The maximum atomic E-state index is 11.5. The molecule has 1 N–H and O–H groups in total. The Morgan fingerprint density at radius 1 is 1.32 bits per heavy atom. The van der Waals surface area contributed by atoms with Crippen LogP contribution < -0.4 is 5.32 Å². The molecule has 1 amide bonds. The molecule has 1 aliphatic heterocycles. The second-order valence-electron chi connectivity index (χ2n) is 4.89. The predicted molar refractivity (Wildman–Crippen MR) is 73.8 cm³/mol. The lowest BCUT2D eigenvalue weighted by atomic mass is 10.1. The van der Waals surface area contributed by atoms with Gasteiger partial charge in [0, 0.05) is 31.4 Å². The van der Waals surface area contributed by atoms with Crippen LogP contribution in [0.2, 0.25) is 0 Å². The molecule has 3 rings (SSSR count). The van der Waals surface area contributed by atoms with E-state index < -0.39 is 0 Å². The monoisotopic (exact) mass is 256 g/mol. The van der Waals surface area contributed by atoms with Crippen LogP contribution in [-0.4, -0.2) is 40.4 Å². The number of para-hydroxylation sites is 1. The summed E-state index contributed by atoms with van der Waals surface area (Å²) < 4.78 is 0. The highest BCUT2D eigenvalue weighted by Crippen LogP contribution is 2.21. The van der Waals surface area contributed by atoms with Gasteiger partial charge in [-0.3, -0.25) is 4.79 Å². The van der Waals surface area contributed by atoms with Crippen LogP contribution in [0.3, 0.4) is 0 Å². The molecule has 0 saturated carbocycles. The molecule has 19 heavy (non-hydrogen) atoms. The van der Waals surface area contributed by atoms with Gasteiger partial charge in [-0.1, -0.05) is 12.1 Å². The Balaban J connectivity index is 1.84. The summed E-state index contributed by atoms with van der Waals surface area (Å²) in [6.07, 6.45) is 3.01. The maximum absolute atomic E-state index is 11.5. The normalized spacial score (nSPS) is 19.7. The van der Waals surface area contributed by atoms with Crippen LogP contribution in [0, 0.1) is 0 Å². The van der Waals surface area contributed by atoms with Crippen molar-refractivity contribution < 1.29 is 4.79 Å². The van der Waals surface area contributed by atoms with Crippen molar-refractivity contribution in [2.75, 3.05) is 18.9 Å². The molecule has 1 fully saturated rings. The number of carbonyl (C=O) groups excluding carboxylic acids is 1. The molecule has 1 aliphatic rings. The number of nitrogens with one attached hydrogen (secondary N) is 1. The summed E-state index contributed by atoms with van der Waals surface area (Å²) in [6.45, 7) is 0.719. The number of fused-ring (bicyclic) bond motifs is 1. The van der Waals surface area contributed by atoms with Crippen LogP contribution in [0.1, 0.15) is 12.8 Å². The molecule has 1 aromatic carbocycles. The van der Waals surface area contributed by atoms with Crippen LogP contribution in [-0.2, 0) is 4.79 Å². The fourth-order valence-corrected chi connectivity index (χ4v) is 2.44. The second-order valence-corrected chi connectivity index (χ2v) is 4.89. The van der Waals surface area contributed by atoms with Gasteiger partial charge in [-0.2, -0.15) is 0 Å². The molecule has 1 saturated heterocycles. The first-order valence-electron chi connectivity index (χ1n) is 6.44. The van der Waals surface area contributed by atoms with Crippen molar-refractivity contribution in [3.8, 4) is 0 Å². The molecule has 0 unspecified atom stereocenters. The zero-order valence-electron chi connectivity index (χ0n) is 10.8. The van der Waals surface area contributed by atoms with E-state index in [1.54, 1.807) is 11.2 Å². The number of likely N-dealkylation sites (N-methyl/N-ethyl adjacent to an activating group) is 1. The number of aromatic nitrogens is 2. The second kappa shape index (κ2) is 4.84. The smallest absolute Gasteiger partial charge is 0.222 e. The summed E-state index contributed by atoms with van der Waals surface area (Å²) in [7, 11) is 1.84. The van der Waals surface area contributed by atoms with Crippen molar-refractivity contribution in [3.05, 3.63) is 30.6 Å². The zero-order chi connectivity index (χ0) is 13.2. The lowest BCUT2D eigenvalue weighted by molar-refractivity contribution is -0.132. The Hall–Kier alpha value is -2.17. The molecule has 2 heterocycles. The van der Waals surface area contributed by atoms with Crippen LogP contribution in [0.15, 0.2) is 30.6 Å². The van der Waals surface area contributed by atoms with Gasteiger partial charge in [-0.15, -0.1) is 0 Å². The first-order valence-corrected chi connectivity index (χ1v) is 6.44. The maximum Gasteiger partial charge on any atom is 0.222 e. The number of piperidine rings is 1. The van der Waals surface area contributed by atoms with E-state index in [2.05, 4.69) is 15.3 Å². The van der Waals surface area contributed by atoms with E-state index in [-0.39, 0.29) is 11.9 Å². The molecule has 98 valence electrons. The molecule has 0 radical (unpaired) electrons. The standard InChI is InChI=1S/C14H16N4O/c1-18-8-10(6-7-13(18)19)17-14-11-4-2-3-5-12(11)15-9-16-14/h2-5,9-10H,6-8H2,1H3,(H,15,16,17)/t10-/m0/s1. The Morgan fingerprint density at radius 2 is 2.16 bits per heavy atom. The molecule has 0 bridgehead atoms. The molecule has 5 heteroatoms. The summed E-state index contributed by atoms with van der Waals surface area (Å²) in [5.41, 5.74) is 0.931. The van der Waals surface area contributed by atoms with E-state index in [4.69, 9.17) is 0 Å². The highest BCUT2D eigenvalue weighted by Gasteiger charge is 2.23. The molecule has 5 nitrogen and oxygen atoms in total. The van der Waals surface area contributed by atoms with Crippen molar-refractivity contribution in [3.63, 3.8) is 0 Å². The van der Waals surface area contributed by atoms with Crippen molar-refractivity contribution in [1.29, 1.82) is 0 Å². The number of benzene rings is 1. The summed E-state index contributed by atoms with van der Waals surface area (Å²) in [5.74, 6) is 1.06. The van der Waals surface area contributed by atoms with E-state index in [0.29, 0.717) is 6.42 Å². The lowest BCUT2D eigenvalue weighted by Gasteiger charge is -2.30. The first kappa shape index (κ1) is 11.9. The summed E-state index contributed by atoms with van der Waals surface area (Å²) in [5, 5.41) is 4.45. The molecule has 0 spiro atoms. The van der Waals surface area contributed by atoms with Gasteiger partial charge in [0.15, 0.2) is 0 Å². The number of hydrogen-bond donors (Lipinski definition) is 1. The third-order valence-corrected chi connectivity index (χ3v) is 3.51. The minimum Gasteiger partial charge on any atom is -0.365 e. The van der Waals surface area contributed by atoms with Crippen molar-refractivity contribution in [2.45, 2.75) is 18.9 Å². The van der Waals surface area contributed by atoms with E-state index in [1.807, 2.05) is 31.3 Å². The highest BCUT2D eigenvalue weighted by molar-refractivity contribution is 5.88. The van der Waals surface area contributed by atoms with Gasteiger partial charge in [0.1, 0.15) is 12.1 Å². The molecule has 1 atom stereocenters. The van der Waals surface area contributed by atoms with Crippen LogP contribution in [0.4, 0.5) is 5.82 Å². The van der Waals surface area contributed by atoms with Crippen LogP contribution >= 0.6 is 0 Å². The number of rotatable bonds is 2. The Morgan fingerprint density at radius 3 is 3.00 bits per heavy atom. The van der Waals surface area contributed by atoms with Gasteiger partial charge in [0.05, 0.1) is 5.52 Å².